The van der Waals surface area contributed by atoms with Crippen molar-refractivity contribution in [2.24, 2.45) is 5.92 Å². The summed E-state index contributed by atoms with van der Waals surface area (Å²) < 4.78 is 4.67. The number of carbonyl (C=O) groups is 1. The Balaban J connectivity index is 2.24. The van der Waals surface area contributed by atoms with Gasteiger partial charge in [-0.1, -0.05) is 19.3 Å². The Morgan fingerprint density at radius 3 is 2.58 bits per heavy atom. The summed E-state index contributed by atoms with van der Waals surface area (Å²) in [6.45, 7) is -0.213. The highest BCUT2D eigenvalue weighted by Crippen LogP contribution is 2.24. The zero-order chi connectivity index (χ0) is 8.81. The van der Waals surface area contributed by atoms with Crippen molar-refractivity contribution in [1.29, 1.82) is 0 Å². The minimum Gasteiger partial charge on any atom is -0.457 e. The molecule has 0 bridgehead atoms. The first-order valence-corrected chi connectivity index (χ1v) is 4.36. The number of hydrogen-bond donors (Lipinski definition) is 0. The third-order valence-electron chi connectivity index (χ3n) is 2.21. The molecule has 0 saturated heterocycles. The molecule has 3 nitrogen and oxygen atoms in total. The lowest BCUT2D eigenvalue weighted by atomic mass is 9.89. The van der Waals surface area contributed by atoms with E-state index in [0.717, 1.165) is 25.7 Å². The van der Waals surface area contributed by atoms with E-state index in [4.69, 9.17) is 0 Å². The first-order chi connectivity index (χ1) is 5.84. The van der Waals surface area contributed by atoms with Crippen LogP contribution in [0.15, 0.2) is 0 Å². The van der Waals surface area contributed by atoms with Crippen molar-refractivity contribution in [3.05, 3.63) is 0 Å². The number of esters is 1. The predicted molar refractivity (Wildman–Crippen MR) is 43.2 cm³/mol. The lowest BCUT2D eigenvalue weighted by molar-refractivity contribution is -0.147. The molecule has 0 spiro atoms. The predicted octanol–water partition coefficient (Wildman–Crippen LogP) is 1.22. The summed E-state index contributed by atoms with van der Waals surface area (Å²) >= 11 is 0. The third kappa shape index (κ3) is 2.64. The first-order valence-electron chi connectivity index (χ1n) is 4.36. The average molecular weight is 169 g/mol. The molecule has 1 rings (SSSR count). The van der Waals surface area contributed by atoms with Gasteiger partial charge in [0.15, 0.2) is 6.61 Å². The van der Waals surface area contributed by atoms with Crippen molar-refractivity contribution >= 4 is 12.3 Å². The molecular formula is C9H13O3. The highest BCUT2D eigenvalue weighted by molar-refractivity contribution is 5.74. The van der Waals surface area contributed by atoms with Crippen molar-refractivity contribution in [2.75, 3.05) is 6.61 Å². The first kappa shape index (κ1) is 9.23. The van der Waals surface area contributed by atoms with E-state index < -0.39 is 0 Å². The molecule has 67 valence electrons. The van der Waals surface area contributed by atoms with E-state index >= 15 is 0 Å². The molecule has 1 aliphatic carbocycles. The summed E-state index contributed by atoms with van der Waals surface area (Å²) in [7, 11) is 0. The largest absolute Gasteiger partial charge is 0.457 e. The van der Waals surface area contributed by atoms with Crippen LogP contribution in [0.3, 0.4) is 0 Å². The van der Waals surface area contributed by atoms with Crippen LogP contribution in [0.25, 0.3) is 0 Å². The minimum atomic E-state index is -0.224. The van der Waals surface area contributed by atoms with Gasteiger partial charge in [-0.15, -0.1) is 0 Å². The molecule has 12 heavy (non-hydrogen) atoms. The van der Waals surface area contributed by atoms with E-state index in [9.17, 15) is 9.59 Å². The van der Waals surface area contributed by atoms with Gasteiger partial charge in [-0.25, -0.2) is 0 Å². The number of rotatable bonds is 3. The van der Waals surface area contributed by atoms with Crippen LogP contribution >= 0.6 is 0 Å². The monoisotopic (exact) mass is 169 g/mol. The molecule has 0 aromatic heterocycles. The van der Waals surface area contributed by atoms with E-state index in [0.29, 0.717) is 0 Å². The summed E-state index contributed by atoms with van der Waals surface area (Å²) in [4.78, 5) is 20.9. The Morgan fingerprint density at radius 2 is 2.00 bits per heavy atom. The summed E-state index contributed by atoms with van der Waals surface area (Å²) in [6.07, 6.45) is 6.79. The van der Waals surface area contributed by atoms with Gasteiger partial charge in [0.2, 0.25) is 6.29 Å². The quantitative estimate of drug-likeness (QED) is 0.596. The van der Waals surface area contributed by atoms with Gasteiger partial charge in [-0.05, 0) is 12.8 Å². The summed E-state index contributed by atoms with van der Waals surface area (Å²) in [5.41, 5.74) is 0. The van der Waals surface area contributed by atoms with Crippen molar-refractivity contribution in [3.63, 3.8) is 0 Å². The summed E-state index contributed by atoms with van der Waals surface area (Å²) in [5.74, 6) is -0.190. The fourth-order valence-electron chi connectivity index (χ4n) is 1.56. The Morgan fingerprint density at radius 1 is 1.33 bits per heavy atom. The molecule has 0 aliphatic heterocycles. The molecule has 3 heteroatoms. The van der Waals surface area contributed by atoms with Crippen LogP contribution < -0.4 is 0 Å². The molecule has 0 unspecified atom stereocenters. The van der Waals surface area contributed by atoms with Gasteiger partial charge < -0.3 is 4.74 Å². The smallest absolute Gasteiger partial charge is 0.309 e. The van der Waals surface area contributed by atoms with Crippen LogP contribution in [0.2, 0.25) is 0 Å². The SMILES string of the molecule is O=[C]COC(=O)C1CCCCC1. The van der Waals surface area contributed by atoms with Gasteiger partial charge in [-0.2, -0.15) is 0 Å². The molecule has 0 aromatic carbocycles. The van der Waals surface area contributed by atoms with E-state index in [1.54, 1.807) is 6.29 Å². The Kier molecular flexibility index (Phi) is 3.77. The standard InChI is InChI=1S/C9H13O3/c10-6-7-12-9(11)8-4-2-1-3-5-8/h8H,1-5,7H2. The lowest BCUT2D eigenvalue weighted by Gasteiger charge is -2.18. The number of hydrogen-bond acceptors (Lipinski definition) is 3. The lowest BCUT2D eigenvalue weighted by Crippen LogP contribution is -2.20. The maximum Gasteiger partial charge on any atom is 0.309 e. The molecule has 1 radical (unpaired) electrons. The Labute approximate surface area is 72.1 Å². The van der Waals surface area contributed by atoms with Gasteiger partial charge in [0.1, 0.15) is 0 Å². The van der Waals surface area contributed by atoms with Crippen molar-refractivity contribution < 1.29 is 14.3 Å². The van der Waals surface area contributed by atoms with Crippen LogP contribution in [0, 0.1) is 5.92 Å². The van der Waals surface area contributed by atoms with Crippen LogP contribution in [0.1, 0.15) is 32.1 Å². The zero-order valence-electron chi connectivity index (χ0n) is 7.04. The topological polar surface area (TPSA) is 43.4 Å². The molecule has 0 amide bonds. The summed E-state index contributed by atoms with van der Waals surface area (Å²) in [6, 6.07) is 0. The van der Waals surface area contributed by atoms with Crippen LogP contribution in [-0.2, 0) is 14.3 Å². The molecular weight excluding hydrogens is 156 g/mol. The maximum absolute atomic E-state index is 11.2. The molecule has 0 atom stereocenters. The molecule has 0 heterocycles. The molecule has 0 N–H and O–H groups in total. The fraction of sp³-hybridized carbons (Fsp3) is 0.778. The number of ether oxygens (including phenoxy) is 1. The van der Waals surface area contributed by atoms with Gasteiger partial charge in [0.05, 0.1) is 5.92 Å². The molecule has 0 aromatic rings. The van der Waals surface area contributed by atoms with E-state index in [1.165, 1.54) is 6.42 Å². The van der Waals surface area contributed by atoms with Crippen molar-refractivity contribution in [2.45, 2.75) is 32.1 Å². The fourth-order valence-corrected chi connectivity index (χ4v) is 1.56. The van der Waals surface area contributed by atoms with E-state index in [2.05, 4.69) is 4.74 Å². The number of carbonyl (C=O) groups excluding carboxylic acids is 2. The third-order valence-corrected chi connectivity index (χ3v) is 2.21. The van der Waals surface area contributed by atoms with Gasteiger partial charge >= 0.3 is 5.97 Å². The zero-order valence-corrected chi connectivity index (χ0v) is 7.04. The highest BCUT2D eigenvalue weighted by atomic mass is 16.5. The van der Waals surface area contributed by atoms with Crippen molar-refractivity contribution in [1.82, 2.24) is 0 Å². The van der Waals surface area contributed by atoms with Gasteiger partial charge in [-0.3, -0.25) is 9.59 Å². The van der Waals surface area contributed by atoms with Crippen molar-refractivity contribution in [3.8, 4) is 0 Å². The second-order valence-corrected chi connectivity index (χ2v) is 3.09. The normalized spacial score (nSPS) is 18.7. The van der Waals surface area contributed by atoms with Gasteiger partial charge in [0.25, 0.3) is 0 Å². The molecule has 1 aliphatic rings. The maximum atomic E-state index is 11.2. The summed E-state index contributed by atoms with van der Waals surface area (Å²) in [5, 5.41) is 0. The average Bonchev–Trinajstić information content (AvgIpc) is 2.15. The Hall–Kier alpha value is -0.860. The van der Waals surface area contributed by atoms with Gasteiger partial charge in [0, 0.05) is 0 Å². The minimum absolute atomic E-state index is 0.0344. The molecule has 1 saturated carbocycles. The van der Waals surface area contributed by atoms with Crippen LogP contribution in [0.4, 0.5) is 0 Å². The highest BCUT2D eigenvalue weighted by Gasteiger charge is 2.21. The second-order valence-electron chi connectivity index (χ2n) is 3.09. The van der Waals surface area contributed by atoms with E-state index in [-0.39, 0.29) is 18.5 Å². The Bertz CT molecular complexity index is 159. The molecule has 1 fully saturated rings. The second kappa shape index (κ2) is 4.91. The van der Waals surface area contributed by atoms with Crippen LogP contribution in [0.5, 0.6) is 0 Å². The van der Waals surface area contributed by atoms with Crippen LogP contribution in [-0.4, -0.2) is 18.9 Å². The van der Waals surface area contributed by atoms with E-state index in [1.807, 2.05) is 0 Å².